The van der Waals surface area contributed by atoms with Crippen LogP contribution in [0.4, 0.5) is 0 Å². The van der Waals surface area contributed by atoms with Gasteiger partial charge in [-0.15, -0.1) is 0 Å². The molecule has 0 spiro atoms. The van der Waals surface area contributed by atoms with Crippen LogP contribution in [0.1, 0.15) is 18.4 Å². The number of aliphatic hydroxyl groups is 1. The van der Waals surface area contributed by atoms with Crippen molar-refractivity contribution in [2.24, 2.45) is 5.41 Å². The second kappa shape index (κ2) is 4.10. The fourth-order valence-electron chi connectivity index (χ4n) is 1.99. The van der Waals surface area contributed by atoms with E-state index in [4.69, 9.17) is 9.52 Å². The lowest BCUT2D eigenvalue weighted by Gasteiger charge is -2.12. The van der Waals surface area contributed by atoms with Crippen molar-refractivity contribution >= 4 is 17.0 Å². The highest BCUT2D eigenvalue weighted by Gasteiger charge is 2.49. The number of oxazole rings is 1. The Morgan fingerprint density at radius 3 is 3.06 bits per heavy atom. The first-order valence-electron chi connectivity index (χ1n) is 5.95. The van der Waals surface area contributed by atoms with Gasteiger partial charge in [-0.3, -0.25) is 4.79 Å². The Balaban J connectivity index is 1.67. The maximum Gasteiger partial charge on any atom is 0.228 e. The highest BCUT2D eigenvalue weighted by Crippen LogP contribution is 2.45. The van der Waals surface area contributed by atoms with Crippen LogP contribution in [0.2, 0.25) is 0 Å². The summed E-state index contributed by atoms with van der Waals surface area (Å²) in [7, 11) is 0. The molecule has 2 aromatic rings. The van der Waals surface area contributed by atoms with E-state index in [0.717, 1.165) is 23.9 Å². The van der Waals surface area contributed by atoms with E-state index in [0.29, 0.717) is 12.1 Å². The quantitative estimate of drug-likeness (QED) is 0.850. The molecule has 1 saturated carbocycles. The topological polar surface area (TPSA) is 75.4 Å². The molecular weight excluding hydrogens is 232 g/mol. The number of benzene rings is 1. The average molecular weight is 246 g/mol. The van der Waals surface area contributed by atoms with Crippen LogP contribution in [-0.2, 0) is 11.3 Å². The zero-order valence-electron chi connectivity index (χ0n) is 9.85. The summed E-state index contributed by atoms with van der Waals surface area (Å²) >= 11 is 0. The number of carbonyl (C=O) groups is 1. The number of aliphatic hydroxyl groups excluding tert-OH is 1. The Bertz CT molecular complexity index is 587. The van der Waals surface area contributed by atoms with Gasteiger partial charge in [0.15, 0.2) is 12.0 Å². The molecule has 1 aliphatic carbocycles. The zero-order valence-corrected chi connectivity index (χ0v) is 9.85. The fourth-order valence-corrected chi connectivity index (χ4v) is 1.99. The van der Waals surface area contributed by atoms with Gasteiger partial charge in [-0.1, -0.05) is 6.07 Å². The summed E-state index contributed by atoms with van der Waals surface area (Å²) in [6.45, 7) is 0.372. The van der Waals surface area contributed by atoms with Crippen molar-refractivity contribution in [1.82, 2.24) is 10.3 Å². The summed E-state index contributed by atoms with van der Waals surface area (Å²) in [5.74, 6) is -0.0670. The minimum absolute atomic E-state index is 0.0670. The summed E-state index contributed by atoms with van der Waals surface area (Å²) in [6.07, 6.45) is 2.95. The molecule has 5 nitrogen and oxygen atoms in total. The average Bonchev–Trinajstić information content (AvgIpc) is 3.07. The minimum Gasteiger partial charge on any atom is -0.443 e. The van der Waals surface area contributed by atoms with Gasteiger partial charge < -0.3 is 14.8 Å². The van der Waals surface area contributed by atoms with Crippen molar-refractivity contribution in [3.05, 3.63) is 30.2 Å². The number of aromatic nitrogens is 1. The van der Waals surface area contributed by atoms with Crippen LogP contribution in [0.3, 0.4) is 0 Å². The summed E-state index contributed by atoms with van der Waals surface area (Å²) < 4.78 is 5.20. The molecule has 1 amide bonds. The molecule has 1 heterocycles. The van der Waals surface area contributed by atoms with Gasteiger partial charge in [0, 0.05) is 6.54 Å². The van der Waals surface area contributed by atoms with Crippen molar-refractivity contribution in [2.75, 3.05) is 6.61 Å². The summed E-state index contributed by atoms with van der Waals surface area (Å²) in [6, 6.07) is 5.63. The Morgan fingerprint density at radius 2 is 2.33 bits per heavy atom. The fraction of sp³-hybridized carbons (Fsp3) is 0.385. The Hall–Kier alpha value is -1.88. The largest absolute Gasteiger partial charge is 0.443 e. The van der Waals surface area contributed by atoms with E-state index in [1.165, 1.54) is 6.39 Å². The van der Waals surface area contributed by atoms with Crippen molar-refractivity contribution in [2.45, 2.75) is 19.4 Å². The Labute approximate surface area is 104 Å². The molecule has 1 aromatic carbocycles. The molecule has 0 saturated heterocycles. The molecule has 2 N–H and O–H groups in total. The van der Waals surface area contributed by atoms with Crippen LogP contribution < -0.4 is 5.32 Å². The third-order valence-electron chi connectivity index (χ3n) is 3.49. The van der Waals surface area contributed by atoms with Crippen molar-refractivity contribution < 1.29 is 14.3 Å². The minimum atomic E-state index is -0.518. The molecule has 3 rings (SSSR count). The number of hydrogen-bond donors (Lipinski definition) is 2. The van der Waals surface area contributed by atoms with E-state index in [1.807, 2.05) is 18.2 Å². The molecule has 0 bridgehead atoms. The summed E-state index contributed by atoms with van der Waals surface area (Å²) in [5, 5.41) is 12.0. The van der Waals surface area contributed by atoms with Crippen LogP contribution in [0.15, 0.2) is 29.0 Å². The van der Waals surface area contributed by atoms with Crippen LogP contribution in [0.25, 0.3) is 11.1 Å². The summed E-state index contributed by atoms with van der Waals surface area (Å²) in [4.78, 5) is 15.9. The van der Waals surface area contributed by atoms with Crippen LogP contribution >= 0.6 is 0 Å². The Kier molecular flexibility index (Phi) is 2.56. The molecule has 94 valence electrons. The van der Waals surface area contributed by atoms with Gasteiger partial charge >= 0.3 is 0 Å². The predicted octanol–water partition coefficient (Wildman–Crippen LogP) is 1.22. The maximum atomic E-state index is 11.8. The van der Waals surface area contributed by atoms with Gasteiger partial charge in [0.05, 0.1) is 12.0 Å². The molecule has 1 aromatic heterocycles. The van der Waals surface area contributed by atoms with E-state index in [9.17, 15) is 4.79 Å². The van der Waals surface area contributed by atoms with Crippen LogP contribution in [0, 0.1) is 5.41 Å². The first-order valence-corrected chi connectivity index (χ1v) is 5.95. The second-order valence-electron chi connectivity index (χ2n) is 4.78. The monoisotopic (exact) mass is 246 g/mol. The van der Waals surface area contributed by atoms with Crippen LogP contribution in [-0.4, -0.2) is 22.6 Å². The highest BCUT2D eigenvalue weighted by atomic mass is 16.3. The molecular formula is C13H14N2O3. The van der Waals surface area contributed by atoms with Gasteiger partial charge in [-0.25, -0.2) is 4.98 Å². The normalized spacial score (nSPS) is 16.7. The third kappa shape index (κ3) is 1.86. The van der Waals surface area contributed by atoms with E-state index in [2.05, 4.69) is 10.3 Å². The lowest BCUT2D eigenvalue weighted by Crippen LogP contribution is -2.33. The second-order valence-corrected chi connectivity index (χ2v) is 4.78. The SMILES string of the molecule is O=C(NCc1ccc2ncoc2c1)C1(CO)CC1. The molecule has 1 aliphatic rings. The number of nitrogens with zero attached hydrogens (tertiary/aromatic N) is 1. The Morgan fingerprint density at radius 1 is 1.50 bits per heavy atom. The first kappa shape index (κ1) is 11.2. The molecule has 0 atom stereocenters. The molecule has 0 unspecified atom stereocenters. The lowest BCUT2D eigenvalue weighted by atomic mass is 10.1. The number of rotatable bonds is 4. The van der Waals surface area contributed by atoms with Gasteiger partial charge in [0.1, 0.15) is 5.52 Å². The van der Waals surface area contributed by atoms with Gasteiger partial charge in [0.25, 0.3) is 0 Å². The highest BCUT2D eigenvalue weighted by molar-refractivity contribution is 5.85. The maximum absolute atomic E-state index is 11.8. The molecule has 0 aliphatic heterocycles. The van der Waals surface area contributed by atoms with E-state index in [-0.39, 0.29) is 12.5 Å². The smallest absolute Gasteiger partial charge is 0.228 e. The van der Waals surface area contributed by atoms with Gasteiger partial charge in [-0.05, 0) is 30.5 Å². The number of carbonyl (C=O) groups excluding carboxylic acids is 1. The van der Waals surface area contributed by atoms with Crippen molar-refractivity contribution in [3.8, 4) is 0 Å². The number of nitrogens with one attached hydrogen (secondary N) is 1. The standard InChI is InChI=1S/C13H14N2O3/c16-7-13(3-4-13)12(17)14-6-9-1-2-10-11(5-9)18-8-15-10/h1-2,5,8,16H,3-4,6-7H2,(H,14,17). The summed E-state index contributed by atoms with van der Waals surface area (Å²) in [5.41, 5.74) is 1.96. The van der Waals surface area contributed by atoms with Crippen molar-refractivity contribution in [1.29, 1.82) is 0 Å². The van der Waals surface area contributed by atoms with E-state index in [1.54, 1.807) is 0 Å². The van der Waals surface area contributed by atoms with E-state index >= 15 is 0 Å². The molecule has 0 radical (unpaired) electrons. The lowest BCUT2D eigenvalue weighted by molar-refractivity contribution is -0.127. The van der Waals surface area contributed by atoms with Gasteiger partial charge in [-0.2, -0.15) is 0 Å². The van der Waals surface area contributed by atoms with E-state index < -0.39 is 5.41 Å². The zero-order chi connectivity index (χ0) is 12.6. The number of hydrogen-bond acceptors (Lipinski definition) is 4. The molecule has 5 heteroatoms. The number of amides is 1. The first-order chi connectivity index (χ1) is 8.73. The molecule has 1 fully saturated rings. The van der Waals surface area contributed by atoms with Crippen LogP contribution in [0.5, 0.6) is 0 Å². The van der Waals surface area contributed by atoms with Gasteiger partial charge in [0.2, 0.25) is 5.91 Å². The number of fused-ring (bicyclic) bond motifs is 1. The molecule has 18 heavy (non-hydrogen) atoms. The predicted molar refractivity (Wildman–Crippen MR) is 64.6 cm³/mol. The third-order valence-corrected chi connectivity index (χ3v) is 3.49. The van der Waals surface area contributed by atoms with Crippen molar-refractivity contribution in [3.63, 3.8) is 0 Å².